The van der Waals surface area contributed by atoms with Crippen molar-refractivity contribution in [3.8, 4) is 0 Å². The molecule has 0 radical (unpaired) electrons. The Kier molecular flexibility index (Phi) is 4.87. The highest BCUT2D eigenvalue weighted by molar-refractivity contribution is 5.27. The largest absolute Gasteiger partial charge is 0.396 e. The van der Waals surface area contributed by atoms with Crippen molar-refractivity contribution in [2.75, 3.05) is 19.7 Å². The zero-order valence-electron chi connectivity index (χ0n) is 12.7. The summed E-state index contributed by atoms with van der Waals surface area (Å²) in [6, 6.07) is 10.3. The van der Waals surface area contributed by atoms with Crippen LogP contribution in [0.2, 0.25) is 0 Å². The van der Waals surface area contributed by atoms with Crippen LogP contribution in [0.25, 0.3) is 0 Å². The van der Waals surface area contributed by atoms with E-state index >= 15 is 0 Å². The number of aromatic nitrogens is 2. The van der Waals surface area contributed by atoms with Gasteiger partial charge in [0, 0.05) is 38.0 Å². The maximum Gasteiger partial charge on any atom is 0.0717 e. The number of aliphatic hydroxyl groups is 2. The van der Waals surface area contributed by atoms with Crippen molar-refractivity contribution in [2.45, 2.75) is 25.6 Å². The van der Waals surface area contributed by atoms with Crippen molar-refractivity contribution in [3.63, 3.8) is 0 Å². The maximum atomic E-state index is 10.1. The monoisotopic (exact) mass is 301 g/mol. The Hall–Kier alpha value is -1.69. The Morgan fingerprint density at radius 1 is 1.14 bits per heavy atom. The van der Waals surface area contributed by atoms with Crippen molar-refractivity contribution in [1.82, 2.24) is 14.7 Å². The zero-order valence-corrected chi connectivity index (χ0v) is 12.7. The number of piperidine rings is 1. The van der Waals surface area contributed by atoms with Crippen LogP contribution in [0.3, 0.4) is 0 Å². The lowest BCUT2D eigenvalue weighted by atomic mass is 9.94. The predicted molar refractivity (Wildman–Crippen MR) is 84.2 cm³/mol. The Morgan fingerprint density at radius 3 is 2.55 bits per heavy atom. The summed E-state index contributed by atoms with van der Waals surface area (Å²) in [6.07, 6.45) is 4.17. The Morgan fingerprint density at radius 2 is 1.91 bits per heavy atom. The number of nitrogens with zero attached hydrogens (tertiary/aromatic N) is 3. The van der Waals surface area contributed by atoms with Gasteiger partial charge < -0.3 is 10.2 Å². The predicted octanol–water partition coefficient (Wildman–Crippen LogP) is 1.11. The maximum absolute atomic E-state index is 10.1. The van der Waals surface area contributed by atoms with Crippen LogP contribution in [0.15, 0.2) is 42.7 Å². The topological polar surface area (TPSA) is 61.5 Å². The second-order valence-electron chi connectivity index (χ2n) is 6.01. The van der Waals surface area contributed by atoms with Crippen molar-refractivity contribution in [3.05, 3.63) is 53.9 Å². The highest BCUT2D eigenvalue weighted by Gasteiger charge is 2.27. The van der Waals surface area contributed by atoms with E-state index in [1.807, 2.05) is 16.9 Å². The molecule has 22 heavy (non-hydrogen) atoms. The third-order valence-corrected chi connectivity index (χ3v) is 4.44. The molecule has 1 aliphatic rings. The summed E-state index contributed by atoms with van der Waals surface area (Å²) >= 11 is 0. The van der Waals surface area contributed by atoms with Gasteiger partial charge in [-0.2, -0.15) is 5.10 Å². The second kappa shape index (κ2) is 7.05. The molecule has 1 fully saturated rings. The number of hydrogen-bond acceptors (Lipinski definition) is 4. The molecule has 5 heteroatoms. The van der Waals surface area contributed by atoms with Crippen LogP contribution < -0.4 is 0 Å². The van der Waals surface area contributed by atoms with Crippen LogP contribution in [-0.4, -0.2) is 50.7 Å². The highest BCUT2D eigenvalue weighted by Crippen LogP contribution is 2.20. The molecule has 2 atom stereocenters. The first-order valence-electron chi connectivity index (χ1n) is 7.81. The quantitative estimate of drug-likeness (QED) is 0.868. The van der Waals surface area contributed by atoms with E-state index in [0.717, 1.165) is 26.1 Å². The molecule has 0 bridgehead atoms. The molecule has 2 aromatic rings. The van der Waals surface area contributed by atoms with Crippen molar-refractivity contribution in [1.29, 1.82) is 0 Å². The molecule has 0 aliphatic carbocycles. The number of benzene rings is 1. The van der Waals surface area contributed by atoms with Gasteiger partial charge in [0.15, 0.2) is 0 Å². The van der Waals surface area contributed by atoms with E-state index < -0.39 is 6.10 Å². The van der Waals surface area contributed by atoms with E-state index in [1.54, 1.807) is 6.20 Å². The molecule has 0 amide bonds. The first kappa shape index (κ1) is 15.2. The molecule has 1 saturated heterocycles. The molecule has 2 heterocycles. The Bertz CT molecular complexity index is 585. The average molecular weight is 301 g/mol. The molecular formula is C17H23N3O2. The number of aliphatic hydroxyl groups excluding tert-OH is 2. The first-order chi connectivity index (χ1) is 10.8. The number of β-amino-alcohol motifs (C(OH)–C–C–N with tert-alkyl or cyclic N) is 1. The zero-order chi connectivity index (χ0) is 15.4. The SMILES string of the molecule is OC[C@H]1CCN(Cc2ccccc2Cn2cccn2)C[C@@H]1O. The van der Waals surface area contributed by atoms with Crippen LogP contribution in [0.4, 0.5) is 0 Å². The fraction of sp³-hybridized carbons (Fsp3) is 0.471. The van der Waals surface area contributed by atoms with Crippen LogP contribution in [0, 0.1) is 5.92 Å². The van der Waals surface area contributed by atoms with Gasteiger partial charge in [0.25, 0.3) is 0 Å². The Labute approximate surface area is 130 Å². The van der Waals surface area contributed by atoms with E-state index in [4.69, 9.17) is 0 Å². The lowest BCUT2D eigenvalue weighted by Crippen LogP contribution is -2.44. The van der Waals surface area contributed by atoms with E-state index in [-0.39, 0.29) is 12.5 Å². The molecule has 1 aliphatic heterocycles. The average Bonchev–Trinajstić information content (AvgIpc) is 3.02. The molecule has 1 aromatic carbocycles. The number of rotatable bonds is 5. The van der Waals surface area contributed by atoms with Gasteiger partial charge in [-0.15, -0.1) is 0 Å². The van der Waals surface area contributed by atoms with Crippen molar-refractivity contribution >= 4 is 0 Å². The van der Waals surface area contributed by atoms with Gasteiger partial charge in [0.1, 0.15) is 0 Å². The van der Waals surface area contributed by atoms with Gasteiger partial charge >= 0.3 is 0 Å². The molecule has 5 nitrogen and oxygen atoms in total. The molecule has 0 unspecified atom stereocenters. The molecule has 0 saturated carbocycles. The minimum Gasteiger partial charge on any atom is -0.396 e. The smallest absolute Gasteiger partial charge is 0.0717 e. The van der Waals surface area contributed by atoms with Gasteiger partial charge in [-0.3, -0.25) is 9.58 Å². The lowest BCUT2D eigenvalue weighted by molar-refractivity contribution is -0.00452. The fourth-order valence-electron chi connectivity index (χ4n) is 3.08. The first-order valence-corrected chi connectivity index (χ1v) is 7.81. The minimum absolute atomic E-state index is 0.0237. The van der Waals surface area contributed by atoms with Crippen LogP contribution in [0.5, 0.6) is 0 Å². The number of likely N-dealkylation sites (tertiary alicyclic amines) is 1. The standard InChI is InChI=1S/C17H23N3O2/c21-13-16-6-9-19(12-17(16)22)10-14-4-1-2-5-15(14)11-20-8-3-7-18-20/h1-5,7-8,16-17,21-22H,6,9-13H2/t16-,17+/m1/s1. The Balaban J connectivity index is 1.68. The molecule has 3 rings (SSSR count). The molecule has 118 valence electrons. The van der Waals surface area contributed by atoms with E-state index in [1.165, 1.54) is 11.1 Å². The van der Waals surface area contributed by atoms with E-state index in [9.17, 15) is 10.2 Å². The molecule has 1 aromatic heterocycles. The summed E-state index contributed by atoms with van der Waals surface area (Å²) in [5, 5.41) is 23.6. The molecular weight excluding hydrogens is 278 g/mol. The summed E-state index contributed by atoms with van der Waals surface area (Å²) < 4.78 is 1.92. The van der Waals surface area contributed by atoms with Gasteiger partial charge in [0.2, 0.25) is 0 Å². The summed E-state index contributed by atoms with van der Waals surface area (Å²) in [5.74, 6) is 0.0237. The molecule has 0 spiro atoms. The third-order valence-electron chi connectivity index (χ3n) is 4.44. The summed E-state index contributed by atoms with van der Waals surface area (Å²) in [5.41, 5.74) is 2.53. The van der Waals surface area contributed by atoms with Gasteiger partial charge in [0.05, 0.1) is 12.6 Å². The summed E-state index contributed by atoms with van der Waals surface area (Å²) in [4.78, 5) is 2.26. The highest BCUT2D eigenvalue weighted by atomic mass is 16.3. The third kappa shape index (κ3) is 3.55. The van der Waals surface area contributed by atoms with Gasteiger partial charge in [-0.1, -0.05) is 24.3 Å². The van der Waals surface area contributed by atoms with Crippen LogP contribution in [0.1, 0.15) is 17.5 Å². The van der Waals surface area contributed by atoms with Crippen molar-refractivity contribution < 1.29 is 10.2 Å². The van der Waals surface area contributed by atoms with Crippen LogP contribution in [-0.2, 0) is 13.1 Å². The second-order valence-corrected chi connectivity index (χ2v) is 6.01. The van der Waals surface area contributed by atoms with Crippen LogP contribution >= 0.6 is 0 Å². The van der Waals surface area contributed by atoms with E-state index in [2.05, 4.69) is 34.3 Å². The fourth-order valence-corrected chi connectivity index (χ4v) is 3.08. The summed E-state index contributed by atoms with van der Waals surface area (Å²) in [7, 11) is 0. The molecule has 2 N–H and O–H groups in total. The van der Waals surface area contributed by atoms with Crippen molar-refractivity contribution in [2.24, 2.45) is 5.92 Å². The van der Waals surface area contributed by atoms with E-state index in [0.29, 0.717) is 6.54 Å². The summed E-state index contributed by atoms with van der Waals surface area (Å²) in [6.45, 7) is 3.20. The number of hydrogen-bond donors (Lipinski definition) is 2. The lowest BCUT2D eigenvalue weighted by Gasteiger charge is -2.35. The van der Waals surface area contributed by atoms with Gasteiger partial charge in [-0.25, -0.2) is 0 Å². The van der Waals surface area contributed by atoms with Gasteiger partial charge in [-0.05, 0) is 30.2 Å². The normalized spacial score (nSPS) is 22.8. The minimum atomic E-state index is -0.433.